The zero-order valence-electron chi connectivity index (χ0n) is 11.9. The van der Waals surface area contributed by atoms with E-state index in [0.29, 0.717) is 13.2 Å². The Hall–Kier alpha value is -1.53. The molecular weight excluding hydrogens is 334 g/mol. The number of rotatable bonds is 4. The van der Waals surface area contributed by atoms with E-state index in [-0.39, 0.29) is 0 Å². The van der Waals surface area contributed by atoms with Gasteiger partial charge in [-0.15, -0.1) is 0 Å². The van der Waals surface area contributed by atoms with Crippen LogP contribution in [0.15, 0.2) is 29.0 Å². The maximum Gasteiger partial charge on any atom is 0.175 e. The van der Waals surface area contributed by atoms with Gasteiger partial charge in [0.25, 0.3) is 0 Å². The predicted molar refractivity (Wildman–Crippen MR) is 83.5 cm³/mol. The molecule has 0 atom stereocenters. The molecule has 1 aromatic carbocycles. The molecular formula is C15H18BrN3O2. The molecule has 1 aliphatic rings. The highest BCUT2D eigenvalue weighted by Gasteiger charge is 2.15. The lowest BCUT2D eigenvalue weighted by atomic mass is 10.2. The van der Waals surface area contributed by atoms with Crippen LogP contribution in [0.3, 0.4) is 0 Å². The molecule has 0 fully saturated rings. The quantitative estimate of drug-likeness (QED) is 0.919. The average molecular weight is 352 g/mol. The van der Waals surface area contributed by atoms with Gasteiger partial charge in [-0.25, -0.2) is 4.98 Å². The van der Waals surface area contributed by atoms with Crippen molar-refractivity contribution >= 4 is 15.9 Å². The SMILES string of the molecule is Cn1ccnc1CNCc1cc(Br)c2c(c1)OCCCO2. The van der Waals surface area contributed by atoms with Gasteiger partial charge in [-0.1, -0.05) is 0 Å². The maximum atomic E-state index is 5.74. The first-order valence-corrected chi connectivity index (χ1v) is 7.78. The van der Waals surface area contributed by atoms with Gasteiger partial charge in [-0.2, -0.15) is 0 Å². The lowest BCUT2D eigenvalue weighted by Crippen LogP contribution is -2.15. The summed E-state index contributed by atoms with van der Waals surface area (Å²) < 4.78 is 14.4. The van der Waals surface area contributed by atoms with Gasteiger partial charge in [0.05, 0.1) is 24.2 Å². The normalized spacial score (nSPS) is 14.0. The van der Waals surface area contributed by atoms with Gasteiger partial charge < -0.3 is 19.4 Å². The van der Waals surface area contributed by atoms with Gasteiger partial charge in [-0.05, 0) is 33.6 Å². The van der Waals surface area contributed by atoms with Crippen LogP contribution in [0.25, 0.3) is 0 Å². The van der Waals surface area contributed by atoms with E-state index in [2.05, 4.69) is 32.3 Å². The fourth-order valence-electron chi connectivity index (χ4n) is 2.27. The van der Waals surface area contributed by atoms with Crippen LogP contribution in [0, 0.1) is 0 Å². The highest BCUT2D eigenvalue weighted by atomic mass is 79.9. The second kappa shape index (κ2) is 6.49. The Morgan fingerprint density at radius 3 is 2.95 bits per heavy atom. The van der Waals surface area contributed by atoms with Crippen molar-refractivity contribution in [3.05, 3.63) is 40.4 Å². The number of fused-ring (bicyclic) bond motifs is 1. The van der Waals surface area contributed by atoms with E-state index >= 15 is 0 Å². The first kappa shape index (κ1) is 14.4. The molecule has 2 heterocycles. The molecule has 2 aromatic rings. The number of aryl methyl sites for hydroxylation is 1. The zero-order valence-corrected chi connectivity index (χ0v) is 13.5. The molecule has 0 saturated carbocycles. The lowest BCUT2D eigenvalue weighted by Gasteiger charge is -2.12. The fraction of sp³-hybridized carbons (Fsp3) is 0.400. The molecule has 0 bridgehead atoms. The Balaban J connectivity index is 1.67. The molecule has 21 heavy (non-hydrogen) atoms. The van der Waals surface area contributed by atoms with Crippen LogP contribution < -0.4 is 14.8 Å². The number of imidazole rings is 1. The van der Waals surface area contributed by atoms with Crippen LogP contribution in [0.1, 0.15) is 17.8 Å². The Bertz CT molecular complexity index is 627. The molecule has 6 heteroatoms. The molecule has 5 nitrogen and oxygen atoms in total. The van der Waals surface area contributed by atoms with E-state index in [0.717, 1.165) is 46.9 Å². The van der Waals surface area contributed by atoms with Crippen LogP contribution in [0.4, 0.5) is 0 Å². The summed E-state index contributed by atoms with van der Waals surface area (Å²) in [4.78, 5) is 4.29. The number of nitrogens with zero attached hydrogens (tertiary/aromatic N) is 2. The van der Waals surface area contributed by atoms with Gasteiger partial charge in [-0.3, -0.25) is 0 Å². The highest BCUT2D eigenvalue weighted by Crippen LogP contribution is 2.38. The van der Waals surface area contributed by atoms with Crippen molar-refractivity contribution in [1.82, 2.24) is 14.9 Å². The second-order valence-electron chi connectivity index (χ2n) is 5.01. The number of hydrogen-bond acceptors (Lipinski definition) is 4. The summed E-state index contributed by atoms with van der Waals surface area (Å²) in [5.74, 6) is 2.64. The van der Waals surface area contributed by atoms with Crippen molar-refractivity contribution in [2.75, 3.05) is 13.2 Å². The number of benzene rings is 1. The van der Waals surface area contributed by atoms with Gasteiger partial charge in [0.1, 0.15) is 5.82 Å². The van der Waals surface area contributed by atoms with Crippen molar-refractivity contribution in [2.45, 2.75) is 19.5 Å². The summed E-state index contributed by atoms with van der Waals surface area (Å²) in [5.41, 5.74) is 1.15. The number of nitrogens with one attached hydrogen (secondary N) is 1. The number of ether oxygens (including phenoxy) is 2. The van der Waals surface area contributed by atoms with Crippen molar-refractivity contribution in [1.29, 1.82) is 0 Å². The van der Waals surface area contributed by atoms with E-state index in [1.54, 1.807) is 6.20 Å². The molecule has 1 N–H and O–H groups in total. The Labute approximate surface area is 132 Å². The fourth-order valence-corrected chi connectivity index (χ4v) is 2.88. The largest absolute Gasteiger partial charge is 0.490 e. The van der Waals surface area contributed by atoms with E-state index in [9.17, 15) is 0 Å². The monoisotopic (exact) mass is 351 g/mol. The molecule has 1 aliphatic heterocycles. The lowest BCUT2D eigenvalue weighted by molar-refractivity contribution is 0.296. The molecule has 0 radical (unpaired) electrons. The summed E-state index contributed by atoms with van der Waals surface area (Å²) >= 11 is 3.56. The minimum Gasteiger partial charge on any atom is -0.490 e. The number of halogens is 1. The third-order valence-corrected chi connectivity index (χ3v) is 3.98. The highest BCUT2D eigenvalue weighted by molar-refractivity contribution is 9.10. The first-order valence-electron chi connectivity index (χ1n) is 6.99. The molecule has 1 aromatic heterocycles. The van der Waals surface area contributed by atoms with E-state index in [1.807, 2.05) is 23.9 Å². The minimum atomic E-state index is 0.697. The van der Waals surface area contributed by atoms with Crippen molar-refractivity contribution in [3.63, 3.8) is 0 Å². The van der Waals surface area contributed by atoms with E-state index in [4.69, 9.17) is 9.47 Å². The van der Waals surface area contributed by atoms with Gasteiger partial charge in [0.2, 0.25) is 0 Å². The topological polar surface area (TPSA) is 48.3 Å². The predicted octanol–water partition coefficient (Wildman–Crippen LogP) is 2.63. The molecule has 0 spiro atoms. The van der Waals surface area contributed by atoms with Crippen LogP contribution in [-0.2, 0) is 20.1 Å². The van der Waals surface area contributed by atoms with Gasteiger partial charge in [0.15, 0.2) is 11.5 Å². The summed E-state index contributed by atoms with van der Waals surface area (Å²) in [6.07, 6.45) is 4.66. The average Bonchev–Trinajstić information content (AvgIpc) is 2.73. The summed E-state index contributed by atoms with van der Waals surface area (Å²) in [6.45, 7) is 2.88. The van der Waals surface area contributed by atoms with Gasteiger partial charge in [0, 0.05) is 32.4 Å². The van der Waals surface area contributed by atoms with Crippen LogP contribution in [0.2, 0.25) is 0 Å². The molecule has 0 amide bonds. The van der Waals surface area contributed by atoms with Crippen molar-refractivity contribution in [3.8, 4) is 11.5 Å². The summed E-state index contributed by atoms with van der Waals surface area (Å²) in [7, 11) is 1.99. The van der Waals surface area contributed by atoms with E-state index in [1.165, 1.54) is 0 Å². The van der Waals surface area contributed by atoms with Crippen molar-refractivity contribution < 1.29 is 9.47 Å². The standard InChI is InChI=1S/C15H18BrN3O2/c1-19-4-3-18-14(19)10-17-9-11-7-12(16)15-13(8-11)20-5-2-6-21-15/h3-4,7-8,17H,2,5-6,9-10H2,1H3. The summed E-state index contributed by atoms with van der Waals surface area (Å²) in [6, 6.07) is 4.11. The molecule has 3 rings (SSSR count). The first-order chi connectivity index (χ1) is 10.2. The maximum absolute atomic E-state index is 5.74. The zero-order chi connectivity index (χ0) is 14.7. The van der Waals surface area contributed by atoms with Crippen LogP contribution >= 0.6 is 15.9 Å². The Morgan fingerprint density at radius 2 is 2.14 bits per heavy atom. The molecule has 0 aliphatic carbocycles. The minimum absolute atomic E-state index is 0.697. The third-order valence-electron chi connectivity index (χ3n) is 3.40. The third kappa shape index (κ3) is 3.39. The molecule has 0 unspecified atom stereocenters. The van der Waals surface area contributed by atoms with Crippen LogP contribution in [0.5, 0.6) is 11.5 Å². The number of aromatic nitrogens is 2. The Kier molecular flexibility index (Phi) is 4.45. The Morgan fingerprint density at radius 1 is 1.29 bits per heavy atom. The second-order valence-corrected chi connectivity index (χ2v) is 5.87. The van der Waals surface area contributed by atoms with E-state index < -0.39 is 0 Å². The van der Waals surface area contributed by atoms with Crippen LogP contribution in [-0.4, -0.2) is 22.8 Å². The van der Waals surface area contributed by atoms with Gasteiger partial charge >= 0.3 is 0 Å². The molecule has 0 saturated heterocycles. The summed E-state index contributed by atoms with van der Waals surface area (Å²) in [5, 5.41) is 3.39. The number of hydrogen-bond donors (Lipinski definition) is 1. The smallest absolute Gasteiger partial charge is 0.175 e. The van der Waals surface area contributed by atoms with Crippen molar-refractivity contribution in [2.24, 2.45) is 7.05 Å². The molecule has 112 valence electrons.